The van der Waals surface area contributed by atoms with E-state index in [1.807, 2.05) is 6.08 Å². The summed E-state index contributed by atoms with van der Waals surface area (Å²) < 4.78 is 5.90. The van der Waals surface area contributed by atoms with Gasteiger partial charge in [-0.05, 0) is 78.9 Å². The second-order valence-corrected chi connectivity index (χ2v) is 12.4. The largest absolute Gasteiger partial charge is 0.459 e. The molecule has 1 aromatic carbocycles. The molecule has 4 aliphatic carbocycles. The number of benzene rings is 1. The minimum absolute atomic E-state index is 0.0470. The molecule has 0 radical (unpaired) electrons. The Morgan fingerprint density at radius 1 is 0.917 bits per heavy atom. The van der Waals surface area contributed by atoms with E-state index in [1.54, 1.807) is 6.08 Å². The van der Waals surface area contributed by atoms with E-state index in [4.69, 9.17) is 4.74 Å². The first-order valence-electron chi connectivity index (χ1n) is 15.4. The van der Waals surface area contributed by atoms with Crippen molar-refractivity contribution in [3.63, 3.8) is 0 Å². The van der Waals surface area contributed by atoms with E-state index in [9.17, 15) is 4.79 Å². The summed E-state index contributed by atoms with van der Waals surface area (Å²) in [6.07, 6.45) is 28.8. The summed E-state index contributed by atoms with van der Waals surface area (Å²) in [6, 6.07) is 8.90. The molecule has 2 heteroatoms. The van der Waals surface area contributed by atoms with Gasteiger partial charge >= 0.3 is 5.97 Å². The lowest BCUT2D eigenvalue weighted by molar-refractivity contribution is -0.146. The van der Waals surface area contributed by atoms with Gasteiger partial charge in [0.05, 0.1) is 0 Å². The maximum atomic E-state index is 12.6. The van der Waals surface area contributed by atoms with Gasteiger partial charge in [0.15, 0.2) is 0 Å². The van der Waals surface area contributed by atoms with Gasteiger partial charge in [-0.3, -0.25) is 0 Å². The molecular weight excluding hydrogens is 440 g/mol. The summed E-state index contributed by atoms with van der Waals surface area (Å²) >= 11 is 0. The lowest BCUT2D eigenvalue weighted by atomic mass is 9.68. The molecule has 36 heavy (non-hydrogen) atoms. The smallest absolute Gasteiger partial charge is 0.331 e. The maximum Gasteiger partial charge on any atom is 0.331 e. The quantitative estimate of drug-likeness (QED) is 0.187. The fourth-order valence-corrected chi connectivity index (χ4v) is 8.19. The van der Waals surface area contributed by atoms with E-state index in [-0.39, 0.29) is 12.1 Å². The molecule has 3 saturated carbocycles. The van der Waals surface area contributed by atoms with Crippen LogP contribution in [0.15, 0.2) is 42.5 Å². The molecule has 2 bridgehead atoms. The number of esters is 1. The molecule has 5 rings (SSSR count). The molecule has 3 fully saturated rings. The average Bonchev–Trinajstić information content (AvgIpc) is 3.57. The average molecular weight is 489 g/mol. The molecule has 0 N–H and O–H groups in total. The third-order valence-corrected chi connectivity index (χ3v) is 10.1. The summed E-state index contributed by atoms with van der Waals surface area (Å²) in [6.45, 7) is 2.14. The Balaban J connectivity index is 1.12. The highest BCUT2D eigenvalue weighted by Gasteiger charge is 2.40. The number of hydrogen-bond donors (Lipinski definition) is 0. The number of carbonyl (C=O) groups is 1. The van der Waals surface area contributed by atoms with Gasteiger partial charge in [-0.2, -0.15) is 0 Å². The lowest BCUT2D eigenvalue weighted by Gasteiger charge is -2.38. The third kappa shape index (κ3) is 6.53. The fraction of sp³-hybridized carbons (Fsp3) is 0.676. The van der Waals surface area contributed by atoms with Crippen molar-refractivity contribution in [2.75, 3.05) is 0 Å². The molecule has 0 saturated heterocycles. The molecule has 0 aliphatic heterocycles. The van der Waals surface area contributed by atoms with E-state index < -0.39 is 0 Å². The monoisotopic (exact) mass is 488 g/mol. The van der Waals surface area contributed by atoms with Crippen molar-refractivity contribution in [1.29, 1.82) is 0 Å². The second kappa shape index (κ2) is 12.6. The Hall–Kier alpha value is -1.83. The number of fused-ring (bicyclic) bond motifs is 2. The maximum absolute atomic E-state index is 12.6. The van der Waals surface area contributed by atoms with Crippen molar-refractivity contribution in [3.8, 4) is 0 Å². The number of carbonyl (C=O) groups excluding carboxylic acids is 1. The summed E-state index contributed by atoms with van der Waals surface area (Å²) in [7, 11) is 0. The van der Waals surface area contributed by atoms with Crippen LogP contribution in [0, 0.1) is 35.5 Å². The molecule has 0 aromatic heterocycles. The van der Waals surface area contributed by atoms with Crippen LogP contribution in [0.25, 0.3) is 6.08 Å². The molecule has 2 nitrogen and oxygen atoms in total. The molecule has 0 heterocycles. The van der Waals surface area contributed by atoms with E-state index in [2.05, 4.69) is 43.3 Å². The first-order chi connectivity index (χ1) is 17.7. The predicted octanol–water partition coefficient (Wildman–Crippen LogP) is 8.94. The van der Waals surface area contributed by atoms with E-state index in [0.29, 0.717) is 17.8 Å². The van der Waals surface area contributed by atoms with Crippen LogP contribution in [0.2, 0.25) is 0 Å². The normalized spacial score (nSPS) is 27.8. The van der Waals surface area contributed by atoms with Gasteiger partial charge in [0, 0.05) is 12.0 Å². The first kappa shape index (κ1) is 25.8. The zero-order valence-electron chi connectivity index (χ0n) is 22.6. The zero-order valence-corrected chi connectivity index (χ0v) is 22.6. The molecular formula is C34H48O2. The highest BCUT2D eigenvalue weighted by atomic mass is 16.5. The van der Waals surface area contributed by atoms with Crippen molar-refractivity contribution in [2.24, 2.45) is 35.5 Å². The van der Waals surface area contributed by atoms with Crippen LogP contribution < -0.4 is 0 Å². The standard InChI is InChI=1S/C34H48O2/c1-2-33(32-24-27-17-20-30(32)23-27)36-34(35)22-19-26-15-13-25(14-16-26)18-21-31(28-9-5-3-6-10-28)29-11-7-4-8-12-29/h13-17,19-20,22,27-33H,2-12,18,21,23-24H2,1H3. The van der Waals surface area contributed by atoms with Crippen molar-refractivity contribution in [1.82, 2.24) is 0 Å². The molecule has 0 amide bonds. The van der Waals surface area contributed by atoms with Gasteiger partial charge < -0.3 is 4.74 Å². The van der Waals surface area contributed by atoms with E-state index in [0.717, 1.165) is 29.7 Å². The Morgan fingerprint density at radius 3 is 2.14 bits per heavy atom. The van der Waals surface area contributed by atoms with Gasteiger partial charge in [-0.25, -0.2) is 4.79 Å². The van der Waals surface area contributed by atoms with E-state index in [1.165, 1.54) is 95.5 Å². The Kier molecular flexibility index (Phi) is 9.04. The van der Waals surface area contributed by atoms with Crippen LogP contribution in [-0.4, -0.2) is 12.1 Å². The number of rotatable bonds is 10. The third-order valence-electron chi connectivity index (χ3n) is 10.1. The van der Waals surface area contributed by atoms with Gasteiger partial charge in [0.2, 0.25) is 0 Å². The topological polar surface area (TPSA) is 26.3 Å². The lowest BCUT2D eigenvalue weighted by Crippen LogP contribution is -2.28. The van der Waals surface area contributed by atoms with Gasteiger partial charge in [-0.1, -0.05) is 108 Å². The van der Waals surface area contributed by atoms with Crippen molar-refractivity contribution < 1.29 is 9.53 Å². The molecule has 4 aliphatic rings. The molecule has 196 valence electrons. The van der Waals surface area contributed by atoms with Gasteiger partial charge in [0.25, 0.3) is 0 Å². The summed E-state index contributed by atoms with van der Waals surface area (Å²) in [5, 5.41) is 0. The Bertz CT molecular complexity index is 866. The first-order valence-corrected chi connectivity index (χ1v) is 15.4. The number of hydrogen-bond acceptors (Lipinski definition) is 2. The minimum atomic E-state index is -0.194. The summed E-state index contributed by atoms with van der Waals surface area (Å²) in [4.78, 5) is 12.6. The van der Waals surface area contributed by atoms with Crippen LogP contribution in [0.5, 0.6) is 0 Å². The van der Waals surface area contributed by atoms with Gasteiger partial charge in [-0.15, -0.1) is 0 Å². The van der Waals surface area contributed by atoms with Crippen LogP contribution in [-0.2, 0) is 16.0 Å². The van der Waals surface area contributed by atoms with Crippen LogP contribution in [0.4, 0.5) is 0 Å². The number of allylic oxidation sites excluding steroid dienone is 2. The fourth-order valence-electron chi connectivity index (χ4n) is 8.19. The minimum Gasteiger partial charge on any atom is -0.459 e. The number of aryl methyl sites for hydroxylation is 1. The summed E-state index contributed by atoms with van der Waals surface area (Å²) in [5.41, 5.74) is 2.53. The van der Waals surface area contributed by atoms with Crippen LogP contribution in [0.1, 0.15) is 108 Å². The second-order valence-electron chi connectivity index (χ2n) is 12.4. The van der Waals surface area contributed by atoms with Crippen molar-refractivity contribution >= 4 is 12.0 Å². The van der Waals surface area contributed by atoms with Crippen LogP contribution in [0.3, 0.4) is 0 Å². The Morgan fingerprint density at radius 2 is 1.58 bits per heavy atom. The molecule has 4 unspecified atom stereocenters. The van der Waals surface area contributed by atoms with Crippen LogP contribution >= 0.6 is 0 Å². The highest BCUT2D eigenvalue weighted by Crippen LogP contribution is 2.46. The number of ether oxygens (including phenoxy) is 1. The van der Waals surface area contributed by atoms with Crippen molar-refractivity contribution in [2.45, 2.75) is 109 Å². The van der Waals surface area contributed by atoms with Gasteiger partial charge in [0.1, 0.15) is 6.10 Å². The van der Waals surface area contributed by atoms with Crippen molar-refractivity contribution in [3.05, 3.63) is 53.6 Å². The SMILES string of the molecule is CCC(OC(=O)C=Cc1ccc(CCC(C2CCCCC2)C2CCCCC2)cc1)C1CC2C=CC1C2. The summed E-state index contributed by atoms with van der Waals surface area (Å²) in [5.74, 6) is 4.50. The van der Waals surface area contributed by atoms with E-state index >= 15 is 0 Å². The molecule has 1 aromatic rings. The molecule has 0 spiro atoms. The Labute approximate surface area is 220 Å². The predicted molar refractivity (Wildman–Crippen MR) is 149 cm³/mol. The zero-order chi connectivity index (χ0) is 24.7. The molecule has 4 atom stereocenters. The highest BCUT2D eigenvalue weighted by molar-refractivity contribution is 5.87.